The van der Waals surface area contributed by atoms with E-state index < -0.39 is 0 Å². The van der Waals surface area contributed by atoms with Gasteiger partial charge in [-0.3, -0.25) is 0 Å². The molecule has 0 saturated carbocycles. The number of rotatable bonds is 4. The van der Waals surface area contributed by atoms with Crippen LogP contribution in [0.1, 0.15) is 22.6 Å². The van der Waals surface area contributed by atoms with Gasteiger partial charge in [0.25, 0.3) is 0 Å². The fraction of sp³-hybridized carbons (Fsp3) is 0.250. The van der Waals surface area contributed by atoms with Crippen LogP contribution in [0.25, 0.3) is 0 Å². The van der Waals surface area contributed by atoms with Crippen molar-refractivity contribution < 1.29 is 0 Å². The molecule has 0 spiro atoms. The summed E-state index contributed by atoms with van der Waals surface area (Å²) in [4.78, 5) is 0. The molecule has 1 atom stereocenters. The minimum absolute atomic E-state index is 0.655. The van der Waals surface area contributed by atoms with E-state index in [0.29, 0.717) is 5.92 Å². The molecule has 1 N–H and O–H groups in total. The molecule has 0 radical (unpaired) electrons. The largest absolute Gasteiger partial charge is 0.312 e. The van der Waals surface area contributed by atoms with Crippen LogP contribution in [-0.4, -0.2) is 6.54 Å². The zero-order valence-corrected chi connectivity index (χ0v) is 12.8. The molecule has 0 fully saturated rings. The summed E-state index contributed by atoms with van der Waals surface area (Å²) < 4.78 is 1.07. The van der Waals surface area contributed by atoms with E-state index in [2.05, 4.69) is 51.6 Å². The van der Waals surface area contributed by atoms with Crippen molar-refractivity contribution in [3.05, 3.63) is 68.7 Å². The molecule has 1 aliphatic rings. The third-order valence-electron chi connectivity index (χ3n) is 3.68. The van der Waals surface area contributed by atoms with E-state index in [1.165, 1.54) is 17.5 Å². The van der Waals surface area contributed by atoms with Crippen LogP contribution in [-0.2, 0) is 13.0 Å². The third kappa shape index (κ3) is 2.86. The summed E-state index contributed by atoms with van der Waals surface area (Å²) in [5, 5.41) is 4.33. The Hall–Kier alpha value is -0.830. The van der Waals surface area contributed by atoms with Crippen LogP contribution in [0.2, 0.25) is 5.02 Å². The highest BCUT2D eigenvalue weighted by atomic mass is 79.9. The van der Waals surface area contributed by atoms with Gasteiger partial charge in [-0.2, -0.15) is 0 Å². The standard InChI is InChI=1S/C16H15BrClN/c17-14-5-6-16(18)13(8-14)10-19-9-12-7-11-3-1-2-4-15(11)12/h1-6,8,12,19H,7,9-10H2. The Labute approximate surface area is 127 Å². The minimum Gasteiger partial charge on any atom is -0.312 e. The van der Waals surface area contributed by atoms with E-state index >= 15 is 0 Å². The summed E-state index contributed by atoms with van der Waals surface area (Å²) in [5.74, 6) is 0.655. The lowest BCUT2D eigenvalue weighted by Gasteiger charge is -2.30. The van der Waals surface area contributed by atoms with Crippen molar-refractivity contribution in [1.82, 2.24) is 5.32 Å². The molecule has 2 aromatic rings. The van der Waals surface area contributed by atoms with E-state index in [9.17, 15) is 0 Å². The van der Waals surface area contributed by atoms with E-state index in [4.69, 9.17) is 11.6 Å². The van der Waals surface area contributed by atoms with Gasteiger partial charge < -0.3 is 5.32 Å². The van der Waals surface area contributed by atoms with Crippen LogP contribution in [0, 0.1) is 0 Å². The number of halogens is 2. The average Bonchev–Trinajstić information content (AvgIpc) is 2.39. The van der Waals surface area contributed by atoms with Gasteiger partial charge in [-0.05, 0) is 41.3 Å². The molecule has 3 rings (SSSR count). The fourth-order valence-corrected chi connectivity index (χ4v) is 3.20. The second-order valence-electron chi connectivity index (χ2n) is 4.97. The lowest BCUT2D eigenvalue weighted by Crippen LogP contribution is -2.28. The summed E-state index contributed by atoms with van der Waals surface area (Å²) in [5.41, 5.74) is 4.13. The van der Waals surface area contributed by atoms with Crippen LogP contribution in [0.3, 0.4) is 0 Å². The van der Waals surface area contributed by atoms with Gasteiger partial charge in [-0.25, -0.2) is 0 Å². The number of hydrogen-bond acceptors (Lipinski definition) is 1. The first kappa shape index (κ1) is 13.2. The monoisotopic (exact) mass is 335 g/mol. The molecule has 1 aliphatic carbocycles. The van der Waals surface area contributed by atoms with Crippen molar-refractivity contribution in [2.75, 3.05) is 6.54 Å². The third-order valence-corrected chi connectivity index (χ3v) is 4.54. The molecule has 19 heavy (non-hydrogen) atoms. The predicted octanol–water partition coefficient (Wildman–Crippen LogP) is 4.53. The van der Waals surface area contributed by atoms with E-state index in [1.807, 2.05) is 12.1 Å². The lowest BCUT2D eigenvalue weighted by molar-refractivity contribution is 0.536. The smallest absolute Gasteiger partial charge is 0.0451 e. The highest BCUT2D eigenvalue weighted by Crippen LogP contribution is 2.34. The van der Waals surface area contributed by atoms with Crippen LogP contribution < -0.4 is 5.32 Å². The van der Waals surface area contributed by atoms with E-state index in [-0.39, 0.29) is 0 Å². The predicted molar refractivity (Wildman–Crippen MR) is 83.7 cm³/mol. The second kappa shape index (κ2) is 5.66. The van der Waals surface area contributed by atoms with Crippen LogP contribution in [0.5, 0.6) is 0 Å². The Bertz CT molecular complexity index is 597. The summed E-state index contributed by atoms with van der Waals surface area (Å²) in [6, 6.07) is 14.7. The molecule has 0 bridgehead atoms. The van der Waals surface area contributed by atoms with Crippen LogP contribution in [0.15, 0.2) is 46.9 Å². The summed E-state index contributed by atoms with van der Waals surface area (Å²) >= 11 is 9.66. The molecule has 3 heteroatoms. The average molecular weight is 337 g/mol. The molecule has 98 valence electrons. The Balaban J connectivity index is 1.56. The number of hydrogen-bond donors (Lipinski definition) is 1. The maximum atomic E-state index is 6.18. The van der Waals surface area contributed by atoms with Crippen LogP contribution >= 0.6 is 27.5 Å². The number of benzene rings is 2. The van der Waals surface area contributed by atoms with Crippen molar-refractivity contribution in [2.24, 2.45) is 0 Å². The maximum Gasteiger partial charge on any atom is 0.0451 e. The van der Waals surface area contributed by atoms with Gasteiger partial charge in [0.05, 0.1) is 0 Å². The molecule has 1 nitrogen and oxygen atoms in total. The molecule has 0 amide bonds. The first-order chi connectivity index (χ1) is 9.24. The highest BCUT2D eigenvalue weighted by molar-refractivity contribution is 9.10. The van der Waals surface area contributed by atoms with E-state index in [0.717, 1.165) is 28.1 Å². The van der Waals surface area contributed by atoms with Crippen molar-refractivity contribution in [3.8, 4) is 0 Å². The van der Waals surface area contributed by atoms with Crippen molar-refractivity contribution >= 4 is 27.5 Å². The number of nitrogens with one attached hydrogen (secondary N) is 1. The van der Waals surface area contributed by atoms with Gasteiger partial charge >= 0.3 is 0 Å². The molecular formula is C16H15BrClN. The van der Waals surface area contributed by atoms with Gasteiger partial charge in [0.2, 0.25) is 0 Å². The van der Waals surface area contributed by atoms with Gasteiger partial charge in [-0.15, -0.1) is 0 Å². The van der Waals surface area contributed by atoms with Gasteiger partial charge in [-0.1, -0.05) is 51.8 Å². The fourth-order valence-electron chi connectivity index (χ4n) is 2.60. The first-order valence-corrected chi connectivity index (χ1v) is 7.63. The normalized spacial score (nSPS) is 16.8. The van der Waals surface area contributed by atoms with E-state index in [1.54, 1.807) is 0 Å². The number of fused-ring (bicyclic) bond motifs is 1. The van der Waals surface area contributed by atoms with Gasteiger partial charge in [0, 0.05) is 28.5 Å². The van der Waals surface area contributed by atoms with Crippen LogP contribution in [0.4, 0.5) is 0 Å². The molecule has 1 unspecified atom stereocenters. The van der Waals surface area contributed by atoms with Gasteiger partial charge in [0.1, 0.15) is 0 Å². The molecule has 0 aromatic heterocycles. The van der Waals surface area contributed by atoms with Crippen molar-refractivity contribution in [1.29, 1.82) is 0 Å². The quantitative estimate of drug-likeness (QED) is 0.865. The zero-order chi connectivity index (χ0) is 13.2. The Morgan fingerprint density at radius 2 is 2.05 bits per heavy atom. The zero-order valence-electron chi connectivity index (χ0n) is 10.5. The molecule has 2 aromatic carbocycles. The van der Waals surface area contributed by atoms with Gasteiger partial charge in [0.15, 0.2) is 0 Å². The minimum atomic E-state index is 0.655. The summed E-state index contributed by atoms with van der Waals surface area (Å²) in [6.07, 6.45) is 1.19. The topological polar surface area (TPSA) is 12.0 Å². The summed E-state index contributed by atoms with van der Waals surface area (Å²) in [7, 11) is 0. The SMILES string of the molecule is Clc1ccc(Br)cc1CNCC1Cc2ccccc21. The first-order valence-electron chi connectivity index (χ1n) is 6.46. The van der Waals surface area contributed by atoms with Crippen molar-refractivity contribution in [2.45, 2.75) is 18.9 Å². The molecule has 0 aliphatic heterocycles. The molecular weight excluding hydrogens is 322 g/mol. The Morgan fingerprint density at radius 3 is 2.89 bits per heavy atom. The highest BCUT2D eigenvalue weighted by Gasteiger charge is 2.24. The Kier molecular flexibility index (Phi) is 3.92. The lowest BCUT2D eigenvalue weighted by atomic mass is 9.77. The maximum absolute atomic E-state index is 6.18. The molecule has 0 heterocycles. The summed E-state index contributed by atoms with van der Waals surface area (Å²) in [6.45, 7) is 1.83. The Morgan fingerprint density at radius 1 is 1.21 bits per heavy atom. The second-order valence-corrected chi connectivity index (χ2v) is 6.29. The van der Waals surface area contributed by atoms with Crippen molar-refractivity contribution in [3.63, 3.8) is 0 Å². The molecule has 0 saturated heterocycles.